The van der Waals surface area contributed by atoms with Crippen LogP contribution in [-0.2, 0) is 10.0 Å². The first-order valence-corrected chi connectivity index (χ1v) is 8.70. The number of hydrogen-bond acceptors (Lipinski definition) is 5. The summed E-state index contributed by atoms with van der Waals surface area (Å²) in [7, 11) is -3.25. The summed E-state index contributed by atoms with van der Waals surface area (Å²) in [6, 6.07) is 5.37. The Morgan fingerprint density at radius 2 is 2.19 bits per heavy atom. The second kappa shape index (κ2) is 8.60. The van der Waals surface area contributed by atoms with E-state index in [2.05, 4.69) is 15.0 Å². The van der Waals surface area contributed by atoms with Crippen molar-refractivity contribution in [3.63, 3.8) is 0 Å². The molecule has 0 fully saturated rings. The Morgan fingerprint density at radius 3 is 2.86 bits per heavy atom. The fourth-order valence-electron chi connectivity index (χ4n) is 2.03. The van der Waals surface area contributed by atoms with Gasteiger partial charge in [0, 0.05) is 19.3 Å². The van der Waals surface area contributed by atoms with Crippen molar-refractivity contribution >= 4 is 15.8 Å². The Bertz CT molecular complexity index is 581. The Kier molecular flexibility index (Phi) is 7.12. The number of pyridine rings is 1. The van der Waals surface area contributed by atoms with Crippen LogP contribution in [0.2, 0.25) is 0 Å². The fraction of sp³-hybridized carbons (Fsp3) is 0.571. The van der Waals surface area contributed by atoms with Crippen LogP contribution < -0.4 is 10.0 Å². The number of nitriles is 1. The smallest absolute Gasteiger partial charge is 0.211 e. The molecule has 0 aliphatic rings. The van der Waals surface area contributed by atoms with Crippen molar-refractivity contribution in [1.29, 1.82) is 5.26 Å². The Labute approximate surface area is 126 Å². The molecule has 2 N–H and O–H groups in total. The largest absolute Gasteiger partial charge is 0.368 e. The van der Waals surface area contributed by atoms with E-state index in [9.17, 15) is 8.42 Å². The quantitative estimate of drug-likeness (QED) is 0.677. The van der Waals surface area contributed by atoms with Crippen molar-refractivity contribution in [3.8, 4) is 6.07 Å². The molecular weight excluding hydrogens is 288 g/mol. The maximum absolute atomic E-state index is 11.8. The number of aromatic nitrogens is 1. The molecule has 1 heterocycles. The van der Waals surface area contributed by atoms with Gasteiger partial charge in [-0.3, -0.25) is 0 Å². The number of anilines is 1. The molecule has 116 valence electrons. The lowest BCUT2D eigenvalue weighted by Gasteiger charge is -2.12. The summed E-state index contributed by atoms with van der Waals surface area (Å²) in [5.74, 6) is 0.772. The highest BCUT2D eigenvalue weighted by Crippen LogP contribution is 2.09. The van der Waals surface area contributed by atoms with Gasteiger partial charge in [-0.2, -0.15) is 5.26 Å². The molecule has 1 aromatic rings. The molecule has 7 heteroatoms. The molecule has 0 radical (unpaired) electrons. The minimum atomic E-state index is -3.25. The molecule has 0 saturated heterocycles. The molecule has 0 bridgehead atoms. The maximum Gasteiger partial charge on any atom is 0.211 e. The molecule has 0 aliphatic heterocycles. The lowest BCUT2D eigenvalue weighted by atomic mass is 10.1. The average molecular weight is 310 g/mol. The van der Waals surface area contributed by atoms with Crippen molar-refractivity contribution in [3.05, 3.63) is 23.9 Å². The molecule has 0 spiro atoms. The molecule has 0 saturated carbocycles. The normalized spacial score (nSPS) is 12.6. The molecule has 1 aromatic heterocycles. The topological polar surface area (TPSA) is 94.9 Å². The van der Waals surface area contributed by atoms with Gasteiger partial charge in [-0.1, -0.05) is 20.3 Å². The van der Waals surface area contributed by atoms with Crippen LogP contribution in [0.1, 0.15) is 32.3 Å². The van der Waals surface area contributed by atoms with Gasteiger partial charge in [-0.05, 0) is 24.5 Å². The number of nitrogens with zero attached hydrogens (tertiary/aromatic N) is 2. The molecule has 21 heavy (non-hydrogen) atoms. The Morgan fingerprint density at radius 1 is 1.43 bits per heavy atom. The summed E-state index contributed by atoms with van der Waals surface area (Å²) in [5.41, 5.74) is 0.442. The van der Waals surface area contributed by atoms with E-state index in [4.69, 9.17) is 5.26 Å². The van der Waals surface area contributed by atoms with E-state index in [1.807, 2.05) is 19.9 Å². The zero-order valence-electron chi connectivity index (χ0n) is 12.5. The summed E-state index contributed by atoms with van der Waals surface area (Å²) >= 11 is 0. The van der Waals surface area contributed by atoms with E-state index < -0.39 is 10.0 Å². The van der Waals surface area contributed by atoms with Gasteiger partial charge < -0.3 is 5.32 Å². The van der Waals surface area contributed by atoms with E-state index >= 15 is 0 Å². The highest BCUT2D eigenvalue weighted by atomic mass is 32.2. The van der Waals surface area contributed by atoms with Gasteiger partial charge in [-0.15, -0.1) is 0 Å². The molecular formula is C14H22N4O2S. The highest BCUT2D eigenvalue weighted by molar-refractivity contribution is 7.89. The molecule has 0 aromatic carbocycles. The highest BCUT2D eigenvalue weighted by Gasteiger charge is 2.14. The first kappa shape index (κ1) is 17.4. The van der Waals surface area contributed by atoms with Gasteiger partial charge in [0.1, 0.15) is 11.9 Å². The van der Waals surface area contributed by atoms with Crippen LogP contribution in [0.5, 0.6) is 0 Å². The zero-order valence-corrected chi connectivity index (χ0v) is 13.3. The van der Waals surface area contributed by atoms with E-state index in [0.29, 0.717) is 17.9 Å². The standard InChI is InChI=1S/C14H22N4O2S/c1-3-5-12(2)11-21(19,20)18-9-8-17-14-13(10-15)6-4-7-16-14/h4,6-7,12,18H,3,5,8-9,11H2,1-2H3,(H,16,17)/t12-/m0/s1. The lowest BCUT2D eigenvalue weighted by molar-refractivity contribution is 0.537. The summed E-state index contributed by atoms with van der Waals surface area (Å²) in [4.78, 5) is 4.05. The molecule has 0 aliphatic carbocycles. The van der Waals surface area contributed by atoms with Crippen molar-refractivity contribution in [1.82, 2.24) is 9.71 Å². The minimum Gasteiger partial charge on any atom is -0.368 e. The third-order valence-corrected chi connectivity index (χ3v) is 4.60. The molecule has 1 rings (SSSR count). The predicted octanol–water partition coefficient (Wildman–Crippen LogP) is 1.72. The van der Waals surface area contributed by atoms with Gasteiger partial charge in [0.25, 0.3) is 0 Å². The van der Waals surface area contributed by atoms with Crippen LogP contribution in [0.25, 0.3) is 0 Å². The van der Waals surface area contributed by atoms with Gasteiger partial charge in [0.05, 0.1) is 11.3 Å². The van der Waals surface area contributed by atoms with E-state index in [1.165, 1.54) is 0 Å². The summed E-state index contributed by atoms with van der Waals surface area (Å²) < 4.78 is 26.2. The van der Waals surface area contributed by atoms with Crippen molar-refractivity contribution < 1.29 is 8.42 Å². The van der Waals surface area contributed by atoms with Crippen LogP contribution in [0.3, 0.4) is 0 Å². The third-order valence-electron chi connectivity index (χ3n) is 2.95. The number of rotatable bonds is 9. The second-order valence-corrected chi connectivity index (χ2v) is 6.86. The second-order valence-electron chi connectivity index (χ2n) is 5.01. The van der Waals surface area contributed by atoms with Gasteiger partial charge in [0.2, 0.25) is 10.0 Å². The predicted molar refractivity (Wildman–Crippen MR) is 83.3 cm³/mol. The van der Waals surface area contributed by atoms with E-state index in [1.54, 1.807) is 18.3 Å². The first-order valence-electron chi connectivity index (χ1n) is 7.04. The minimum absolute atomic E-state index is 0.147. The van der Waals surface area contributed by atoms with Crippen LogP contribution in [0.15, 0.2) is 18.3 Å². The summed E-state index contributed by atoms with van der Waals surface area (Å²) in [5, 5.41) is 11.9. The molecule has 0 amide bonds. The molecule has 0 unspecified atom stereocenters. The van der Waals surface area contributed by atoms with Gasteiger partial charge in [-0.25, -0.2) is 18.1 Å². The monoisotopic (exact) mass is 310 g/mol. The average Bonchev–Trinajstić information content (AvgIpc) is 2.43. The summed E-state index contributed by atoms with van der Waals surface area (Å²) in [6.07, 6.45) is 3.47. The third kappa shape index (κ3) is 6.56. The summed E-state index contributed by atoms with van der Waals surface area (Å²) in [6.45, 7) is 4.63. The number of nitrogens with one attached hydrogen (secondary N) is 2. The Balaban J connectivity index is 2.38. The fourth-order valence-corrected chi connectivity index (χ4v) is 3.48. The number of sulfonamides is 1. The van der Waals surface area contributed by atoms with E-state index in [0.717, 1.165) is 12.8 Å². The van der Waals surface area contributed by atoms with Crippen molar-refractivity contribution in [2.24, 2.45) is 5.92 Å². The van der Waals surface area contributed by atoms with Crippen molar-refractivity contribution in [2.75, 3.05) is 24.2 Å². The van der Waals surface area contributed by atoms with Gasteiger partial charge >= 0.3 is 0 Å². The molecule has 6 nitrogen and oxygen atoms in total. The first-order chi connectivity index (χ1) is 9.98. The van der Waals surface area contributed by atoms with Crippen LogP contribution in [0.4, 0.5) is 5.82 Å². The number of hydrogen-bond donors (Lipinski definition) is 2. The lowest BCUT2D eigenvalue weighted by Crippen LogP contribution is -2.33. The van der Waals surface area contributed by atoms with Crippen LogP contribution in [0, 0.1) is 17.2 Å². The molecule has 1 atom stereocenters. The van der Waals surface area contributed by atoms with Crippen LogP contribution >= 0.6 is 0 Å². The van der Waals surface area contributed by atoms with E-state index in [-0.39, 0.29) is 18.2 Å². The Hall–Kier alpha value is -1.65. The maximum atomic E-state index is 11.8. The zero-order chi connectivity index (χ0) is 15.7. The van der Waals surface area contributed by atoms with Crippen LogP contribution in [-0.4, -0.2) is 32.2 Å². The van der Waals surface area contributed by atoms with Crippen molar-refractivity contribution in [2.45, 2.75) is 26.7 Å². The SMILES string of the molecule is CCC[C@H](C)CS(=O)(=O)NCCNc1ncccc1C#N. The van der Waals surface area contributed by atoms with Gasteiger partial charge in [0.15, 0.2) is 0 Å².